The first-order valence-corrected chi connectivity index (χ1v) is 8.33. The van der Waals surface area contributed by atoms with E-state index >= 15 is 0 Å². The third kappa shape index (κ3) is 1.83. The number of fused-ring (bicyclic) bond motifs is 3. The minimum Gasteiger partial charge on any atom is -0.331 e. The van der Waals surface area contributed by atoms with E-state index in [0.29, 0.717) is 0 Å². The lowest BCUT2D eigenvalue weighted by molar-refractivity contribution is 0.698. The van der Waals surface area contributed by atoms with Gasteiger partial charge < -0.3 is 16.0 Å². The highest BCUT2D eigenvalue weighted by Gasteiger charge is 2.47. The van der Waals surface area contributed by atoms with Crippen LogP contribution in [0.2, 0.25) is 0 Å². The molecule has 2 heterocycles. The summed E-state index contributed by atoms with van der Waals surface area (Å²) in [6.07, 6.45) is 5.78. The van der Waals surface area contributed by atoms with E-state index in [2.05, 4.69) is 39.5 Å². The fourth-order valence-electron chi connectivity index (χ4n) is 3.94. The SMILES string of the molecule is CC1=NCC=C(N2CC3CC3c3cc(C4(N)CC4)ccc32)N1. The summed E-state index contributed by atoms with van der Waals surface area (Å²) in [7, 11) is 0. The topological polar surface area (TPSA) is 53.6 Å². The Kier molecular flexibility index (Phi) is 2.39. The van der Waals surface area contributed by atoms with E-state index in [4.69, 9.17) is 5.73 Å². The minimum atomic E-state index is -0.0344. The number of hydrogen-bond acceptors (Lipinski definition) is 4. The van der Waals surface area contributed by atoms with Crippen molar-refractivity contribution in [2.24, 2.45) is 16.6 Å². The van der Waals surface area contributed by atoms with Crippen LogP contribution in [-0.2, 0) is 5.54 Å². The van der Waals surface area contributed by atoms with Crippen LogP contribution in [0.4, 0.5) is 5.69 Å². The molecule has 0 saturated heterocycles. The van der Waals surface area contributed by atoms with Gasteiger partial charge in [-0.3, -0.25) is 4.99 Å². The van der Waals surface area contributed by atoms with Crippen LogP contribution >= 0.6 is 0 Å². The van der Waals surface area contributed by atoms with Crippen molar-refractivity contribution in [1.82, 2.24) is 5.32 Å². The number of amidine groups is 1. The van der Waals surface area contributed by atoms with Crippen molar-refractivity contribution in [3.05, 3.63) is 41.2 Å². The highest BCUT2D eigenvalue weighted by atomic mass is 15.3. The van der Waals surface area contributed by atoms with E-state index in [1.165, 1.54) is 29.1 Å². The second kappa shape index (κ2) is 4.13. The summed E-state index contributed by atoms with van der Waals surface area (Å²) < 4.78 is 0. The summed E-state index contributed by atoms with van der Waals surface area (Å²) in [6, 6.07) is 6.92. The smallest absolute Gasteiger partial charge is 0.109 e. The molecule has 114 valence electrons. The van der Waals surface area contributed by atoms with Gasteiger partial charge in [-0.1, -0.05) is 12.1 Å². The molecule has 22 heavy (non-hydrogen) atoms. The number of rotatable bonds is 2. The Hall–Kier alpha value is -1.81. The fraction of sp³-hybridized carbons (Fsp3) is 0.500. The Morgan fingerprint density at radius 1 is 1.36 bits per heavy atom. The van der Waals surface area contributed by atoms with E-state index in [9.17, 15) is 0 Å². The summed E-state index contributed by atoms with van der Waals surface area (Å²) in [4.78, 5) is 6.85. The molecule has 2 aliphatic carbocycles. The Morgan fingerprint density at radius 3 is 3.00 bits per heavy atom. The molecular weight excluding hydrogens is 272 g/mol. The lowest BCUT2D eigenvalue weighted by atomic mass is 9.95. The first-order chi connectivity index (χ1) is 10.6. The minimum absolute atomic E-state index is 0.0344. The van der Waals surface area contributed by atoms with Gasteiger partial charge in [0.1, 0.15) is 5.82 Å². The predicted octanol–water partition coefficient (Wildman–Crippen LogP) is 2.42. The molecular formula is C18H22N4. The van der Waals surface area contributed by atoms with Crippen LogP contribution in [0.3, 0.4) is 0 Å². The molecule has 4 heteroatoms. The molecule has 5 rings (SSSR count). The van der Waals surface area contributed by atoms with Crippen molar-refractivity contribution < 1.29 is 0 Å². The summed E-state index contributed by atoms with van der Waals surface area (Å²) in [5, 5.41) is 3.44. The fourth-order valence-corrected chi connectivity index (χ4v) is 3.94. The lowest BCUT2D eigenvalue weighted by Gasteiger charge is -2.34. The zero-order chi connectivity index (χ0) is 14.9. The maximum Gasteiger partial charge on any atom is 0.109 e. The molecule has 0 bridgehead atoms. The molecule has 4 nitrogen and oxygen atoms in total. The number of nitrogens with one attached hydrogen (secondary N) is 1. The molecule has 2 aliphatic heterocycles. The van der Waals surface area contributed by atoms with Gasteiger partial charge in [-0.25, -0.2) is 0 Å². The predicted molar refractivity (Wildman–Crippen MR) is 88.9 cm³/mol. The highest BCUT2D eigenvalue weighted by molar-refractivity contribution is 5.83. The summed E-state index contributed by atoms with van der Waals surface area (Å²) in [5.74, 6) is 3.76. The van der Waals surface area contributed by atoms with Gasteiger partial charge in [-0.05, 0) is 61.3 Å². The van der Waals surface area contributed by atoms with E-state index in [0.717, 1.165) is 43.6 Å². The molecule has 2 atom stereocenters. The zero-order valence-corrected chi connectivity index (χ0v) is 13.0. The molecule has 3 N–H and O–H groups in total. The van der Waals surface area contributed by atoms with Crippen molar-refractivity contribution in [1.29, 1.82) is 0 Å². The average molecular weight is 294 g/mol. The molecule has 0 aromatic heterocycles. The Balaban J connectivity index is 1.54. The molecule has 2 saturated carbocycles. The van der Waals surface area contributed by atoms with Crippen molar-refractivity contribution in [2.75, 3.05) is 18.0 Å². The molecule has 2 fully saturated rings. The summed E-state index contributed by atoms with van der Waals surface area (Å²) >= 11 is 0. The Labute approximate surface area is 131 Å². The number of anilines is 1. The number of nitrogens with two attached hydrogens (primary N) is 1. The van der Waals surface area contributed by atoms with Crippen molar-refractivity contribution in [3.8, 4) is 0 Å². The van der Waals surface area contributed by atoms with Crippen molar-refractivity contribution in [3.63, 3.8) is 0 Å². The van der Waals surface area contributed by atoms with Crippen LogP contribution < -0.4 is 16.0 Å². The van der Waals surface area contributed by atoms with Crippen molar-refractivity contribution in [2.45, 2.75) is 37.6 Å². The van der Waals surface area contributed by atoms with E-state index in [1.54, 1.807) is 0 Å². The first kappa shape index (κ1) is 12.7. The van der Waals surface area contributed by atoms with Crippen LogP contribution in [-0.4, -0.2) is 18.9 Å². The second-order valence-corrected chi connectivity index (χ2v) is 7.28. The quantitative estimate of drug-likeness (QED) is 0.881. The molecule has 1 aromatic carbocycles. The average Bonchev–Trinajstić information content (AvgIpc) is 3.42. The van der Waals surface area contributed by atoms with Crippen LogP contribution in [0, 0.1) is 5.92 Å². The first-order valence-electron chi connectivity index (χ1n) is 8.33. The summed E-state index contributed by atoms with van der Waals surface area (Å²) in [6.45, 7) is 3.93. The van der Waals surface area contributed by atoms with E-state index in [1.807, 2.05) is 6.92 Å². The van der Waals surface area contributed by atoms with Crippen LogP contribution in [0.15, 0.2) is 35.1 Å². The Morgan fingerprint density at radius 2 is 2.23 bits per heavy atom. The van der Waals surface area contributed by atoms with Gasteiger partial charge in [0.05, 0.1) is 12.4 Å². The van der Waals surface area contributed by atoms with Gasteiger partial charge >= 0.3 is 0 Å². The highest BCUT2D eigenvalue weighted by Crippen LogP contribution is 2.56. The van der Waals surface area contributed by atoms with E-state index < -0.39 is 0 Å². The van der Waals surface area contributed by atoms with Gasteiger partial charge in [-0.2, -0.15) is 0 Å². The number of hydrogen-bond donors (Lipinski definition) is 2. The van der Waals surface area contributed by atoms with Gasteiger partial charge in [-0.15, -0.1) is 0 Å². The number of aliphatic imine (C=N–C) groups is 1. The van der Waals surface area contributed by atoms with Gasteiger partial charge in [0.15, 0.2) is 0 Å². The standard InChI is InChI=1S/C18H22N4/c1-11-20-7-4-17(21-11)22-10-12-8-14(12)15-9-13(2-3-16(15)22)18(19)5-6-18/h2-4,9,12,14H,5-8,10,19H2,1H3,(H,20,21). The molecule has 1 aromatic rings. The Bertz CT molecular complexity index is 714. The molecule has 0 amide bonds. The third-order valence-electron chi connectivity index (χ3n) is 5.63. The third-order valence-corrected chi connectivity index (χ3v) is 5.63. The largest absolute Gasteiger partial charge is 0.331 e. The maximum absolute atomic E-state index is 6.40. The number of benzene rings is 1. The van der Waals surface area contributed by atoms with Crippen LogP contribution in [0.5, 0.6) is 0 Å². The molecule has 0 spiro atoms. The maximum atomic E-state index is 6.40. The normalized spacial score (nSPS) is 30.5. The van der Waals surface area contributed by atoms with Gasteiger partial charge in [0.25, 0.3) is 0 Å². The van der Waals surface area contributed by atoms with Crippen LogP contribution in [0.25, 0.3) is 0 Å². The number of nitrogens with zero attached hydrogens (tertiary/aromatic N) is 2. The van der Waals surface area contributed by atoms with Gasteiger partial charge in [0.2, 0.25) is 0 Å². The van der Waals surface area contributed by atoms with Gasteiger partial charge in [0, 0.05) is 17.8 Å². The second-order valence-electron chi connectivity index (χ2n) is 7.28. The zero-order valence-electron chi connectivity index (χ0n) is 13.0. The molecule has 4 aliphatic rings. The summed E-state index contributed by atoms with van der Waals surface area (Å²) in [5.41, 5.74) is 10.6. The molecule has 2 unspecified atom stereocenters. The lowest BCUT2D eigenvalue weighted by Crippen LogP contribution is -2.39. The molecule has 0 radical (unpaired) electrons. The monoisotopic (exact) mass is 294 g/mol. The van der Waals surface area contributed by atoms with E-state index in [-0.39, 0.29) is 5.54 Å². The van der Waals surface area contributed by atoms with Crippen LogP contribution in [0.1, 0.15) is 43.2 Å². The van der Waals surface area contributed by atoms with Crippen molar-refractivity contribution >= 4 is 11.5 Å².